The quantitative estimate of drug-likeness (QED) is 0.0540. The van der Waals surface area contributed by atoms with Crippen molar-refractivity contribution in [1.82, 2.24) is 10.2 Å². The molecule has 1 atom stereocenters. The molecule has 1 unspecified atom stereocenters. The van der Waals surface area contributed by atoms with E-state index in [1.807, 2.05) is 0 Å². The van der Waals surface area contributed by atoms with Crippen molar-refractivity contribution in [2.75, 3.05) is 157 Å². The summed E-state index contributed by atoms with van der Waals surface area (Å²) in [5.74, 6) is -2.72. The molecule has 1 saturated heterocycles. The third kappa shape index (κ3) is 24.0. The second-order valence-corrected chi connectivity index (χ2v) is 22.2. The van der Waals surface area contributed by atoms with Gasteiger partial charge in [-0.3, -0.25) is 34.2 Å². The molecule has 1 fully saturated rings. The van der Waals surface area contributed by atoms with Gasteiger partial charge in [-0.1, -0.05) is 33.3 Å². The lowest BCUT2D eigenvalue weighted by Crippen LogP contribution is -2.54. The Balaban J connectivity index is 0.968. The van der Waals surface area contributed by atoms with Crippen LogP contribution < -0.4 is 10.6 Å². The zero-order chi connectivity index (χ0) is 49.3. The summed E-state index contributed by atoms with van der Waals surface area (Å²) in [5.41, 5.74) is 0.379. The number of hydrogen-bond donors (Lipinski definition) is 2. The maximum Gasteiger partial charge on any atom is 0.264 e. The number of unbranched alkanes of at least 4 members (excludes halogenated alkanes) is 2. The van der Waals surface area contributed by atoms with Crippen LogP contribution in [0.1, 0.15) is 80.0 Å². The summed E-state index contributed by atoms with van der Waals surface area (Å²) in [6.07, 6.45) is 2.44. The van der Waals surface area contributed by atoms with Crippen LogP contribution in [0.3, 0.4) is 0 Å². The Kier molecular flexibility index (Phi) is 30.3. The molecule has 3 rings (SSSR count). The summed E-state index contributed by atoms with van der Waals surface area (Å²) < 4.78 is 67.0. The van der Waals surface area contributed by atoms with E-state index < -0.39 is 38.0 Å². The molecule has 20 nitrogen and oxygen atoms in total. The van der Waals surface area contributed by atoms with Crippen molar-refractivity contribution in [3.63, 3.8) is 0 Å². The SMILES string of the molecule is CC(C)(C)[Si](C)(C)OCCOCCOCCOCCOCCOCCOCCOCCOCCOCCOCCOCCCCCC(=O)Nc1cccc2c1C(=O)N(C1CCC(=O)NC1=O)C2=O. The number of imide groups is 2. The van der Waals surface area contributed by atoms with E-state index in [1.54, 1.807) is 12.1 Å². The first-order valence-electron chi connectivity index (χ1n) is 24.0. The second kappa shape index (κ2) is 34.9. The molecule has 2 N–H and O–H groups in total. The molecule has 0 aliphatic carbocycles. The highest BCUT2D eigenvalue weighted by molar-refractivity contribution is 6.74. The van der Waals surface area contributed by atoms with Crippen molar-refractivity contribution in [3.05, 3.63) is 29.3 Å². The number of anilines is 1. The van der Waals surface area contributed by atoms with Crippen molar-refractivity contribution in [3.8, 4) is 0 Å². The van der Waals surface area contributed by atoms with Crippen molar-refractivity contribution in [2.45, 2.75) is 83.5 Å². The van der Waals surface area contributed by atoms with Crippen LogP contribution >= 0.6 is 0 Å². The van der Waals surface area contributed by atoms with Gasteiger partial charge in [0.25, 0.3) is 11.8 Å². The first-order chi connectivity index (χ1) is 32.8. The second-order valence-electron chi connectivity index (χ2n) is 17.4. The van der Waals surface area contributed by atoms with Crippen LogP contribution in [0, 0.1) is 0 Å². The van der Waals surface area contributed by atoms with E-state index in [2.05, 4.69) is 44.5 Å². The lowest BCUT2D eigenvalue weighted by Gasteiger charge is -2.36. The molecule has 2 aliphatic rings. The van der Waals surface area contributed by atoms with Gasteiger partial charge in [0.1, 0.15) is 6.04 Å². The van der Waals surface area contributed by atoms with Gasteiger partial charge in [-0.15, -0.1) is 0 Å². The van der Waals surface area contributed by atoms with Gasteiger partial charge >= 0.3 is 0 Å². The first kappa shape index (κ1) is 59.0. The minimum absolute atomic E-state index is 0.0266. The minimum atomic E-state index is -1.72. The average Bonchev–Trinajstić information content (AvgIpc) is 3.55. The number of ether oxygens (including phenoxy) is 11. The van der Waals surface area contributed by atoms with Crippen LogP contribution in [0.5, 0.6) is 0 Å². The molecule has 5 amide bonds. The molecule has 2 heterocycles. The Bertz CT molecular complexity index is 1610. The molecule has 0 spiro atoms. The Morgan fingerprint density at radius 2 is 1.00 bits per heavy atom. The van der Waals surface area contributed by atoms with Crippen LogP contribution in [0.4, 0.5) is 5.69 Å². The van der Waals surface area contributed by atoms with Crippen LogP contribution in [0.25, 0.3) is 0 Å². The highest BCUT2D eigenvalue weighted by Gasteiger charge is 2.45. The van der Waals surface area contributed by atoms with Gasteiger partial charge in [0.05, 0.1) is 162 Å². The highest BCUT2D eigenvalue weighted by Crippen LogP contribution is 2.36. The molecular formula is C47H79N3O17Si. The lowest BCUT2D eigenvalue weighted by molar-refractivity contribution is -0.136. The van der Waals surface area contributed by atoms with Gasteiger partial charge in [0.2, 0.25) is 17.7 Å². The molecule has 1 aromatic rings. The van der Waals surface area contributed by atoms with Gasteiger partial charge in [-0.2, -0.15) is 0 Å². The maximum atomic E-state index is 13.2. The molecule has 1 aromatic carbocycles. The number of nitrogens with zero attached hydrogens (tertiary/aromatic N) is 1. The molecule has 388 valence electrons. The molecule has 0 saturated carbocycles. The first-order valence-corrected chi connectivity index (χ1v) is 26.9. The Morgan fingerprint density at radius 1 is 0.588 bits per heavy atom. The standard InChI is InChI=1S/C47H79N3O17Si/c1-47(2,3)68(4,5)67-37-36-66-35-34-65-33-32-64-31-30-63-29-28-62-27-26-61-25-24-60-23-22-59-21-20-58-19-18-57-17-16-56-15-8-6-7-12-41(51)48-39-11-9-10-38-43(39)46(55)50(45(38)54)40-13-14-42(52)49-44(40)53/h9-11,40H,6-8,12-37H2,1-5H3,(H,48,51)(H,49,52,53). The monoisotopic (exact) mass is 986 g/mol. The largest absolute Gasteiger partial charge is 0.414 e. The van der Waals surface area contributed by atoms with Gasteiger partial charge in [0.15, 0.2) is 8.32 Å². The number of amides is 5. The van der Waals surface area contributed by atoms with Crippen molar-refractivity contribution in [2.24, 2.45) is 0 Å². The Labute approximate surface area is 403 Å². The molecule has 2 aliphatic heterocycles. The van der Waals surface area contributed by atoms with Gasteiger partial charge in [-0.05, 0) is 49.5 Å². The van der Waals surface area contributed by atoms with Crippen LogP contribution in [0.15, 0.2) is 18.2 Å². The van der Waals surface area contributed by atoms with E-state index in [0.29, 0.717) is 158 Å². The van der Waals surface area contributed by atoms with Crippen LogP contribution in [0.2, 0.25) is 18.1 Å². The summed E-state index contributed by atoms with van der Waals surface area (Å²) >= 11 is 0. The van der Waals surface area contributed by atoms with E-state index >= 15 is 0 Å². The molecule has 0 aromatic heterocycles. The number of carbonyl (C=O) groups excluding carboxylic acids is 5. The third-order valence-electron chi connectivity index (χ3n) is 11.2. The van der Waals surface area contributed by atoms with Crippen LogP contribution in [-0.4, -0.2) is 201 Å². The van der Waals surface area contributed by atoms with Crippen LogP contribution in [-0.2, 0) is 70.9 Å². The van der Waals surface area contributed by atoms with Crippen molar-refractivity contribution < 1.29 is 80.5 Å². The topological polar surface area (TPSA) is 223 Å². The van der Waals surface area contributed by atoms with E-state index in [9.17, 15) is 24.0 Å². The van der Waals surface area contributed by atoms with Gasteiger partial charge in [0, 0.05) is 19.4 Å². The van der Waals surface area contributed by atoms with Crippen molar-refractivity contribution >= 4 is 43.5 Å². The molecule has 21 heteroatoms. The van der Waals surface area contributed by atoms with E-state index in [4.69, 9.17) is 56.5 Å². The zero-order valence-corrected chi connectivity index (χ0v) is 42.2. The lowest BCUT2D eigenvalue weighted by atomic mass is 10.0. The van der Waals surface area contributed by atoms with E-state index in [-0.39, 0.29) is 47.0 Å². The van der Waals surface area contributed by atoms with Crippen molar-refractivity contribution in [1.29, 1.82) is 0 Å². The normalized spacial score (nSPS) is 15.4. The van der Waals surface area contributed by atoms with Gasteiger partial charge in [-0.25, -0.2) is 0 Å². The van der Waals surface area contributed by atoms with E-state index in [0.717, 1.165) is 17.7 Å². The summed E-state index contributed by atoms with van der Waals surface area (Å²) in [4.78, 5) is 63.7. The average molecular weight is 986 g/mol. The minimum Gasteiger partial charge on any atom is -0.414 e. The molecular weight excluding hydrogens is 907 g/mol. The number of nitrogens with one attached hydrogen (secondary N) is 2. The maximum absolute atomic E-state index is 13.2. The summed E-state index contributed by atoms with van der Waals surface area (Å²) in [6, 6.07) is 3.53. The van der Waals surface area contributed by atoms with E-state index in [1.165, 1.54) is 6.07 Å². The summed E-state index contributed by atoms with van der Waals surface area (Å²) in [6.45, 7) is 22.5. The number of fused-ring (bicyclic) bond motifs is 1. The Morgan fingerprint density at radius 3 is 1.41 bits per heavy atom. The molecule has 0 radical (unpaired) electrons. The number of hydrogen-bond acceptors (Lipinski definition) is 17. The third-order valence-corrected chi connectivity index (χ3v) is 15.7. The predicted octanol–water partition coefficient (Wildman–Crippen LogP) is 3.79. The number of carbonyl (C=O) groups is 5. The highest BCUT2D eigenvalue weighted by atomic mass is 28.4. The fraction of sp³-hybridized carbons (Fsp3) is 0.766. The number of rotatable bonds is 42. The number of piperidine rings is 1. The summed E-state index contributed by atoms with van der Waals surface area (Å²) in [5, 5.41) is 5.11. The van der Waals surface area contributed by atoms with Gasteiger partial charge < -0.3 is 61.8 Å². The fourth-order valence-corrected chi connectivity index (χ4v) is 7.40. The Hall–Kier alpha value is -3.29. The smallest absolute Gasteiger partial charge is 0.264 e. The fourth-order valence-electron chi connectivity index (χ4n) is 6.37. The molecule has 68 heavy (non-hydrogen) atoms. The predicted molar refractivity (Wildman–Crippen MR) is 252 cm³/mol. The molecule has 0 bridgehead atoms. The summed E-state index contributed by atoms with van der Waals surface area (Å²) in [7, 11) is -1.72. The zero-order valence-electron chi connectivity index (χ0n) is 41.2. The number of benzene rings is 1.